The van der Waals surface area contributed by atoms with E-state index in [1.807, 2.05) is 4.90 Å². The fraction of sp³-hybridized carbons (Fsp3) is 0.781. The fourth-order valence-corrected chi connectivity index (χ4v) is 8.99. The highest BCUT2D eigenvalue weighted by Gasteiger charge is 2.58. The molecule has 5 nitrogen and oxygen atoms in total. The number of aromatic nitrogens is 1. The number of carbonyl (C=O) groups is 2. The standard InChI is InChI=1S/C32H44F3N3O2/c33-32(34,35)25-17-23-21-37(16-13-27(23)36-20-25)30(40)31-14-8-11-24(31)18-26(19-31)38-15-7-6-12-28(38)29(39)22-9-4-2-1-3-5-10-22/h17,20,22,24,26,28H,1-16,18-19,21H2. The number of amides is 1. The van der Waals surface area contributed by atoms with E-state index in [0.29, 0.717) is 35.9 Å². The van der Waals surface area contributed by atoms with E-state index < -0.39 is 17.2 Å². The summed E-state index contributed by atoms with van der Waals surface area (Å²) < 4.78 is 40.1. The number of hydrogen-bond acceptors (Lipinski definition) is 4. The first-order valence-electron chi connectivity index (χ1n) is 15.9. The maximum atomic E-state index is 14.3. The predicted molar refractivity (Wildman–Crippen MR) is 146 cm³/mol. The molecule has 1 saturated heterocycles. The van der Waals surface area contributed by atoms with Gasteiger partial charge in [0.1, 0.15) is 0 Å². The second-order valence-electron chi connectivity index (χ2n) is 13.3. The third kappa shape index (κ3) is 5.34. The lowest BCUT2D eigenvalue weighted by atomic mass is 9.78. The molecule has 3 heterocycles. The van der Waals surface area contributed by atoms with Gasteiger partial charge in [0.15, 0.2) is 5.78 Å². The van der Waals surface area contributed by atoms with Crippen LogP contribution >= 0.6 is 0 Å². The van der Waals surface area contributed by atoms with E-state index in [1.165, 1.54) is 25.3 Å². The Balaban J connectivity index is 1.18. The van der Waals surface area contributed by atoms with Crippen LogP contribution in [0.25, 0.3) is 0 Å². The van der Waals surface area contributed by atoms with E-state index in [0.717, 1.165) is 89.8 Å². The summed E-state index contributed by atoms with van der Waals surface area (Å²) in [6, 6.07) is 1.41. The number of piperidine rings is 1. The molecule has 4 unspecified atom stereocenters. The van der Waals surface area contributed by atoms with E-state index in [4.69, 9.17) is 0 Å². The molecule has 3 saturated carbocycles. The molecule has 6 rings (SSSR count). The lowest BCUT2D eigenvalue weighted by molar-refractivity contribution is -0.144. The Morgan fingerprint density at radius 1 is 0.925 bits per heavy atom. The summed E-state index contributed by atoms with van der Waals surface area (Å²) in [6.07, 6.45) is 12.9. The lowest BCUT2D eigenvalue weighted by Gasteiger charge is -2.42. The van der Waals surface area contributed by atoms with Crippen LogP contribution in [-0.2, 0) is 28.7 Å². The van der Waals surface area contributed by atoms with Crippen LogP contribution in [0.2, 0.25) is 0 Å². The van der Waals surface area contributed by atoms with Gasteiger partial charge in [-0.1, -0.05) is 44.9 Å². The molecule has 1 amide bonds. The monoisotopic (exact) mass is 559 g/mol. The Bertz CT molecular complexity index is 1100. The van der Waals surface area contributed by atoms with Gasteiger partial charge in [-0.2, -0.15) is 13.2 Å². The number of pyridine rings is 1. The maximum absolute atomic E-state index is 14.3. The molecule has 5 aliphatic rings. The van der Waals surface area contributed by atoms with Crippen LogP contribution in [0, 0.1) is 17.3 Å². The zero-order valence-electron chi connectivity index (χ0n) is 23.7. The second-order valence-corrected chi connectivity index (χ2v) is 13.3. The highest BCUT2D eigenvalue weighted by molar-refractivity contribution is 5.87. The number of ketones is 1. The van der Waals surface area contributed by atoms with Crippen molar-refractivity contribution in [2.75, 3.05) is 13.1 Å². The first kappa shape index (κ1) is 28.2. The van der Waals surface area contributed by atoms with Gasteiger partial charge in [0.25, 0.3) is 0 Å². The first-order valence-corrected chi connectivity index (χ1v) is 15.9. The molecule has 220 valence electrons. The Hall–Kier alpha value is -1.96. The number of carbonyl (C=O) groups excluding carboxylic acids is 2. The zero-order valence-corrected chi connectivity index (χ0v) is 23.7. The molecule has 4 fully saturated rings. The van der Waals surface area contributed by atoms with Crippen molar-refractivity contribution in [1.82, 2.24) is 14.8 Å². The first-order chi connectivity index (χ1) is 19.3. The minimum absolute atomic E-state index is 0.0112. The number of rotatable bonds is 4. The number of alkyl halides is 3. The van der Waals surface area contributed by atoms with E-state index in [9.17, 15) is 22.8 Å². The molecular weight excluding hydrogens is 515 g/mol. The van der Waals surface area contributed by atoms with Gasteiger partial charge in [-0.15, -0.1) is 0 Å². The summed E-state index contributed by atoms with van der Waals surface area (Å²) in [5.74, 6) is 1.07. The van der Waals surface area contributed by atoms with Crippen molar-refractivity contribution in [3.63, 3.8) is 0 Å². The van der Waals surface area contributed by atoms with Crippen LogP contribution < -0.4 is 0 Å². The molecular formula is C32H44F3N3O2. The molecule has 0 N–H and O–H groups in total. The van der Waals surface area contributed by atoms with Gasteiger partial charge >= 0.3 is 6.18 Å². The third-order valence-electron chi connectivity index (χ3n) is 11.0. The lowest BCUT2D eigenvalue weighted by Crippen LogP contribution is -2.52. The van der Waals surface area contributed by atoms with Crippen molar-refractivity contribution < 1.29 is 22.8 Å². The third-order valence-corrected chi connectivity index (χ3v) is 11.0. The molecule has 40 heavy (non-hydrogen) atoms. The maximum Gasteiger partial charge on any atom is 0.417 e. The van der Waals surface area contributed by atoms with Crippen molar-refractivity contribution >= 4 is 11.7 Å². The number of halogens is 3. The van der Waals surface area contributed by atoms with Crippen molar-refractivity contribution in [3.05, 3.63) is 29.1 Å². The molecule has 2 aliphatic heterocycles. The molecule has 0 bridgehead atoms. The molecule has 0 spiro atoms. The largest absolute Gasteiger partial charge is 0.417 e. The Kier molecular flexibility index (Phi) is 8.01. The molecule has 4 atom stereocenters. The highest BCUT2D eigenvalue weighted by Crippen LogP contribution is 2.57. The number of Topliss-reactive ketones (excluding diaryl/α,β-unsaturated/α-hetero) is 1. The van der Waals surface area contributed by atoms with Crippen LogP contribution in [0.5, 0.6) is 0 Å². The summed E-state index contributed by atoms with van der Waals surface area (Å²) in [5, 5.41) is 0. The summed E-state index contributed by atoms with van der Waals surface area (Å²) >= 11 is 0. The van der Waals surface area contributed by atoms with E-state index in [2.05, 4.69) is 9.88 Å². The minimum Gasteiger partial charge on any atom is -0.337 e. The highest BCUT2D eigenvalue weighted by atomic mass is 19.4. The quantitative estimate of drug-likeness (QED) is 0.411. The zero-order chi connectivity index (χ0) is 27.9. The van der Waals surface area contributed by atoms with Gasteiger partial charge in [-0.05, 0) is 75.5 Å². The molecule has 1 aromatic rings. The average molecular weight is 560 g/mol. The summed E-state index contributed by atoms with van der Waals surface area (Å²) in [5.41, 5.74) is 0.00713. The smallest absolute Gasteiger partial charge is 0.337 e. The van der Waals surface area contributed by atoms with E-state index in [-0.39, 0.29) is 30.5 Å². The number of nitrogens with zero attached hydrogens (tertiary/aromatic N) is 3. The summed E-state index contributed by atoms with van der Waals surface area (Å²) in [7, 11) is 0. The number of hydrogen-bond donors (Lipinski definition) is 0. The Morgan fingerprint density at radius 3 is 2.45 bits per heavy atom. The van der Waals surface area contributed by atoms with Crippen LogP contribution in [0.15, 0.2) is 12.3 Å². The number of fused-ring (bicyclic) bond motifs is 2. The molecule has 8 heteroatoms. The molecule has 1 aromatic heterocycles. The number of likely N-dealkylation sites (tertiary alicyclic amines) is 1. The fourth-order valence-electron chi connectivity index (χ4n) is 8.99. The van der Waals surface area contributed by atoms with Crippen molar-refractivity contribution in [1.29, 1.82) is 0 Å². The average Bonchev–Trinajstić information content (AvgIpc) is 3.50. The van der Waals surface area contributed by atoms with Gasteiger partial charge < -0.3 is 4.90 Å². The Morgan fingerprint density at radius 2 is 1.68 bits per heavy atom. The predicted octanol–water partition coefficient (Wildman–Crippen LogP) is 6.72. The van der Waals surface area contributed by atoms with E-state index >= 15 is 0 Å². The van der Waals surface area contributed by atoms with Crippen LogP contribution in [0.3, 0.4) is 0 Å². The minimum atomic E-state index is -4.44. The van der Waals surface area contributed by atoms with Gasteiger partial charge in [0, 0.05) is 43.4 Å². The topological polar surface area (TPSA) is 53.5 Å². The molecule has 0 aromatic carbocycles. The molecule has 3 aliphatic carbocycles. The summed E-state index contributed by atoms with van der Waals surface area (Å²) in [6.45, 7) is 1.65. The van der Waals surface area contributed by atoms with Gasteiger partial charge in [0.05, 0.1) is 17.0 Å². The Labute approximate surface area is 236 Å². The van der Waals surface area contributed by atoms with Gasteiger partial charge in [0.2, 0.25) is 5.91 Å². The summed E-state index contributed by atoms with van der Waals surface area (Å²) in [4.78, 5) is 36.6. The van der Waals surface area contributed by atoms with Gasteiger partial charge in [-0.25, -0.2) is 0 Å². The normalized spacial score (nSPS) is 32.3. The van der Waals surface area contributed by atoms with Crippen molar-refractivity contribution in [2.24, 2.45) is 17.3 Å². The van der Waals surface area contributed by atoms with Gasteiger partial charge in [-0.3, -0.25) is 19.5 Å². The van der Waals surface area contributed by atoms with Crippen molar-refractivity contribution in [3.8, 4) is 0 Å². The van der Waals surface area contributed by atoms with E-state index in [1.54, 1.807) is 0 Å². The SMILES string of the molecule is O=C(C1CCCCCCC1)C1CCCCN1C1CC2CCCC2(C(=O)N2CCc3ncc(C(F)(F)F)cc3C2)C1. The van der Waals surface area contributed by atoms with Crippen LogP contribution in [0.1, 0.15) is 113 Å². The van der Waals surface area contributed by atoms with Crippen molar-refractivity contribution in [2.45, 2.75) is 128 Å². The van der Waals surface area contributed by atoms with Crippen LogP contribution in [0.4, 0.5) is 13.2 Å². The molecule has 0 radical (unpaired) electrons. The second kappa shape index (κ2) is 11.4. The van der Waals surface area contributed by atoms with Crippen LogP contribution in [-0.4, -0.2) is 51.6 Å².